The van der Waals surface area contributed by atoms with Gasteiger partial charge in [0.1, 0.15) is 5.82 Å². The van der Waals surface area contributed by atoms with Gasteiger partial charge in [0.25, 0.3) is 0 Å². The quantitative estimate of drug-likeness (QED) is 0.884. The molecule has 1 aliphatic heterocycles. The molecular weight excluding hydrogens is 226 g/mol. The zero-order chi connectivity index (χ0) is 13.1. The summed E-state index contributed by atoms with van der Waals surface area (Å²) in [5, 5.41) is 9.46. The average Bonchev–Trinajstić information content (AvgIpc) is 2.39. The number of hydrogen-bond acceptors (Lipinski definition) is 4. The maximum atomic E-state index is 9.46. The first-order valence-corrected chi connectivity index (χ1v) is 6.71. The van der Waals surface area contributed by atoms with E-state index >= 15 is 0 Å². The van der Waals surface area contributed by atoms with Crippen molar-refractivity contribution >= 4 is 5.82 Å². The lowest BCUT2D eigenvalue weighted by atomic mass is 10.2. The van der Waals surface area contributed by atoms with Crippen molar-refractivity contribution in [2.45, 2.75) is 32.9 Å². The van der Waals surface area contributed by atoms with Gasteiger partial charge in [-0.05, 0) is 32.4 Å². The predicted octanol–water partition coefficient (Wildman–Crippen LogP) is 1.67. The standard InChI is InChI=1S/C14H23N3O/c1-11(2)16-6-8-17(9-7-16)14-5-4-13(10-15-14)12(3)18/h4-5,10-12,18H,6-9H2,1-3H3/t12-/m1/s1. The molecule has 4 heteroatoms. The molecule has 0 unspecified atom stereocenters. The molecule has 4 nitrogen and oxygen atoms in total. The fourth-order valence-electron chi connectivity index (χ4n) is 2.30. The van der Waals surface area contributed by atoms with Gasteiger partial charge < -0.3 is 10.0 Å². The summed E-state index contributed by atoms with van der Waals surface area (Å²) in [6, 6.07) is 4.59. The Hall–Kier alpha value is -1.13. The van der Waals surface area contributed by atoms with Crippen LogP contribution in [0.1, 0.15) is 32.4 Å². The molecule has 1 fully saturated rings. The maximum Gasteiger partial charge on any atom is 0.128 e. The Bertz CT molecular complexity index is 367. The summed E-state index contributed by atoms with van der Waals surface area (Å²) in [5.41, 5.74) is 0.875. The zero-order valence-electron chi connectivity index (χ0n) is 11.5. The number of pyridine rings is 1. The summed E-state index contributed by atoms with van der Waals surface area (Å²) in [5.74, 6) is 1.02. The van der Waals surface area contributed by atoms with Crippen LogP contribution in [0.25, 0.3) is 0 Å². The Morgan fingerprint density at radius 3 is 2.22 bits per heavy atom. The minimum atomic E-state index is -0.440. The van der Waals surface area contributed by atoms with Crippen LogP contribution in [0.3, 0.4) is 0 Å². The largest absolute Gasteiger partial charge is 0.389 e. The molecule has 1 atom stereocenters. The van der Waals surface area contributed by atoms with Crippen LogP contribution in [0.15, 0.2) is 18.3 Å². The number of aliphatic hydroxyl groups is 1. The maximum absolute atomic E-state index is 9.46. The third-order valence-electron chi connectivity index (χ3n) is 3.62. The van der Waals surface area contributed by atoms with Gasteiger partial charge in [0.2, 0.25) is 0 Å². The van der Waals surface area contributed by atoms with Crippen LogP contribution in [-0.4, -0.2) is 47.2 Å². The highest BCUT2D eigenvalue weighted by atomic mass is 16.3. The average molecular weight is 249 g/mol. The summed E-state index contributed by atoms with van der Waals surface area (Å²) < 4.78 is 0. The molecule has 0 saturated carbocycles. The number of aliphatic hydroxyl groups excluding tert-OH is 1. The van der Waals surface area contributed by atoms with Crippen LogP contribution in [0.5, 0.6) is 0 Å². The third kappa shape index (κ3) is 3.00. The molecule has 1 aromatic rings. The van der Waals surface area contributed by atoms with Gasteiger partial charge in [-0.1, -0.05) is 6.07 Å². The topological polar surface area (TPSA) is 39.6 Å². The molecule has 100 valence electrons. The molecule has 1 N–H and O–H groups in total. The van der Waals surface area contributed by atoms with Crippen molar-refractivity contribution < 1.29 is 5.11 Å². The molecule has 0 aromatic carbocycles. The van der Waals surface area contributed by atoms with Gasteiger partial charge in [0, 0.05) is 38.4 Å². The van der Waals surface area contributed by atoms with E-state index in [1.807, 2.05) is 12.1 Å². The number of piperazine rings is 1. The lowest BCUT2D eigenvalue weighted by Crippen LogP contribution is -2.49. The van der Waals surface area contributed by atoms with Gasteiger partial charge in [-0.15, -0.1) is 0 Å². The van der Waals surface area contributed by atoms with Crippen molar-refractivity contribution in [2.24, 2.45) is 0 Å². The van der Waals surface area contributed by atoms with Gasteiger partial charge >= 0.3 is 0 Å². The zero-order valence-corrected chi connectivity index (χ0v) is 11.5. The van der Waals surface area contributed by atoms with Crippen molar-refractivity contribution in [3.05, 3.63) is 23.9 Å². The molecule has 18 heavy (non-hydrogen) atoms. The molecule has 0 amide bonds. The molecule has 2 heterocycles. The van der Waals surface area contributed by atoms with Crippen LogP contribution in [0.2, 0.25) is 0 Å². The number of aromatic nitrogens is 1. The lowest BCUT2D eigenvalue weighted by Gasteiger charge is -2.37. The minimum absolute atomic E-state index is 0.440. The van der Waals surface area contributed by atoms with Crippen molar-refractivity contribution in [1.82, 2.24) is 9.88 Å². The van der Waals surface area contributed by atoms with E-state index in [1.54, 1.807) is 13.1 Å². The van der Waals surface area contributed by atoms with Gasteiger partial charge in [-0.25, -0.2) is 4.98 Å². The van der Waals surface area contributed by atoms with Crippen LogP contribution in [-0.2, 0) is 0 Å². The molecule has 1 saturated heterocycles. The van der Waals surface area contributed by atoms with Crippen LogP contribution in [0.4, 0.5) is 5.82 Å². The molecule has 0 bridgehead atoms. The Morgan fingerprint density at radius 1 is 1.11 bits per heavy atom. The Morgan fingerprint density at radius 2 is 1.78 bits per heavy atom. The fraction of sp³-hybridized carbons (Fsp3) is 0.643. The Labute approximate surface area is 109 Å². The second-order valence-corrected chi connectivity index (χ2v) is 5.24. The highest BCUT2D eigenvalue weighted by Gasteiger charge is 2.19. The molecule has 1 aliphatic rings. The van der Waals surface area contributed by atoms with Crippen molar-refractivity contribution in [1.29, 1.82) is 0 Å². The van der Waals surface area contributed by atoms with E-state index in [2.05, 4.69) is 28.6 Å². The normalized spacial score (nSPS) is 19.3. The fourth-order valence-corrected chi connectivity index (χ4v) is 2.30. The first kappa shape index (κ1) is 13.3. The predicted molar refractivity (Wildman–Crippen MR) is 73.8 cm³/mol. The summed E-state index contributed by atoms with van der Waals surface area (Å²) in [6.45, 7) is 10.5. The molecule has 1 aromatic heterocycles. The number of hydrogen-bond donors (Lipinski definition) is 1. The summed E-state index contributed by atoms with van der Waals surface area (Å²) in [7, 11) is 0. The lowest BCUT2D eigenvalue weighted by molar-refractivity contribution is 0.198. The van der Waals surface area contributed by atoms with Gasteiger partial charge in [0.05, 0.1) is 6.10 Å². The van der Waals surface area contributed by atoms with Crippen LogP contribution >= 0.6 is 0 Å². The van der Waals surface area contributed by atoms with E-state index in [-0.39, 0.29) is 0 Å². The van der Waals surface area contributed by atoms with E-state index in [0.717, 1.165) is 37.6 Å². The minimum Gasteiger partial charge on any atom is -0.389 e. The number of rotatable bonds is 3. The Balaban J connectivity index is 1.97. The van der Waals surface area contributed by atoms with E-state index < -0.39 is 6.10 Å². The smallest absolute Gasteiger partial charge is 0.128 e. The molecule has 0 spiro atoms. The number of nitrogens with zero attached hydrogens (tertiary/aromatic N) is 3. The first-order chi connectivity index (χ1) is 8.58. The summed E-state index contributed by atoms with van der Waals surface area (Å²) in [6.07, 6.45) is 1.33. The van der Waals surface area contributed by atoms with Crippen molar-refractivity contribution in [3.63, 3.8) is 0 Å². The Kier molecular flexibility index (Phi) is 4.19. The monoisotopic (exact) mass is 249 g/mol. The SMILES string of the molecule is CC(C)N1CCN(c2ccc([C@@H](C)O)cn2)CC1. The van der Waals surface area contributed by atoms with Crippen molar-refractivity contribution in [3.8, 4) is 0 Å². The summed E-state index contributed by atoms with van der Waals surface area (Å²) in [4.78, 5) is 9.24. The van der Waals surface area contributed by atoms with Crippen LogP contribution < -0.4 is 4.90 Å². The number of anilines is 1. The van der Waals surface area contributed by atoms with E-state index in [0.29, 0.717) is 6.04 Å². The van der Waals surface area contributed by atoms with E-state index in [4.69, 9.17) is 0 Å². The molecular formula is C14H23N3O. The van der Waals surface area contributed by atoms with E-state index in [1.165, 1.54) is 0 Å². The molecule has 0 aliphatic carbocycles. The van der Waals surface area contributed by atoms with Crippen LogP contribution in [0, 0.1) is 0 Å². The highest BCUT2D eigenvalue weighted by molar-refractivity contribution is 5.40. The molecule has 0 radical (unpaired) electrons. The second-order valence-electron chi connectivity index (χ2n) is 5.24. The van der Waals surface area contributed by atoms with Gasteiger partial charge in [-0.3, -0.25) is 4.90 Å². The van der Waals surface area contributed by atoms with Crippen molar-refractivity contribution in [2.75, 3.05) is 31.1 Å². The summed E-state index contributed by atoms with van der Waals surface area (Å²) >= 11 is 0. The first-order valence-electron chi connectivity index (χ1n) is 6.71. The second kappa shape index (κ2) is 5.67. The molecule has 2 rings (SSSR count). The van der Waals surface area contributed by atoms with Gasteiger partial charge in [-0.2, -0.15) is 0 Å². The van der Waals surface area contributed by atoms with E-state index in [9.17, 15) is 5.11 Å². The third-order valence-corrected chi connectivity index (χ3v) is 3.62. The van der Waals surface area contributed by atoms with Gasteiger partial charge in [0.15, 0.2) is 0 Å². The highest BCUT2D eigenvalue weighted by Crippen LogP contribution is 2.17.